The highest BCUT2D eigenvalue weighted by Crippen LogP contribution is 2.41. The number of aliphatic hydroxyl groups is 1. The number of nitrogens with zero attached hydrogens (tertiary/aromatic N) is 2. The lowest BCUT2D eigenvalue weighted by Gasteiger charge is -2.42. The Morgan fingerprint density at radius 3 is 2.00 bits per heavy atom. The molecule has 1 aliphatic heterocycles. The molecule has 1 N–H and O–H groups in total. The molecule has 3 aromatic rings. The van der Waals surface area contributed by atoms with Gasteiger partial charge in [0, 0.05) is 6.54 Å². The van der Waals surface area contributed by atoms with Crippen LogP contribution in [-0.4, -0.2) is 36.2 Å². The lowest BCUT2D eigenvalue weighted by Crippen LogP contribution is -2.44. The molecule has 0 radical (unpaired) electrons. The Balaban J connectivity index is 1.29. The van der Waals surface area contributed by atoms with Crippen molar-refractivity contribution in [3.63, 3.8) is 0 Å². The molecule has 0 saturated carbocycles. The number of nitriles is 1. The van der Waals surface area contributed by atoms with Gasteiger partial charge >= 0.3 is 0 Å². The van der Waals surface area contributed by atoms with E-state index in [1.165, 1.54) is 0 Å². The van der Waals surface area contributed by atoms with Gasteiger partial charge in [0.15, 0.2) is 0 Å². The minimum absolute atomic E-state index is 0.182. The van der Waals surface area contributed by atoms with Crippen LogP contribution in [0, 0.1) is 17.2 Å². The van der Waals surface area contributed by atoms with Crippen LogP contribution in [0.5, 0.6) is 5.75 Å². The number of piperidine rings is 1. The highest BCUT2D eigenvalue weighted by atomic mass is 16.5. The summed E-state index contributed by atoms with van der Waals surface area (Å²) in [4.78, 5) is 2.48. The first-order valence-corrected chi connectivity index (χ1v) is 11.8. The highest BCUT2D eigenvalue weighted by Gasteiger charge is 2.41. The molecule has 1 aliphatic rings. The number of rotatable bonds is 9. The number of benzene rings is 3. The molecule has 3 aromatic carbocycles. The Morgan fingerprint density at radius 2 is 1.45 bits per heavy atom. The largest absolute Gasteiger partial charge is 0.494 e. The molecule has 1 fully saturated rings. The zero-order chi connectivity index (χ0) is 22.9. The Kier molecular flexibility index (Phi) is 7.78. The third-order valence-electron chi connectivity index (χ3n) is 6.70. The van der Waals surface area contributed by atoms with E-state index in [9.17, 15) is 5.11 Å². The van der Waals surface area contributed by atoms with Crippen LogP contribution in [-0.2, 0) is 12.0 Å². The topological polar surface area (TPSA) is 56.5 Å². The zero-order valence-corrected chi connectivity index (χ0v) is 19.1. The summed E-state index contributed by atoms with van der Waals surface area (Å²) in [6.45, 7) is 3.63. The van der Waals surface area contributed by atoms with Crippen LogP contribution in [0.3, 0.4) is 0 Å². The molecule has 0 aromatic heterocycles. The standard InChI is InChI=1S/C29H32N2O2/c30-19-16-24-12-14-28(15-13-24)33-23-7-20-31-21-17-27(18-22-31)29(32,25-8-3-1-4-9-25)26-10-5-2-6-11-26/h1-6,8-15,27,32H,7,16-18,20-23H2. The number of ether oxygens (including phenoxy) is 1. The van der Waals surface area contributed by atoms with Gasteiger partial charge in [0.2, 0.25) is 0 Å². The lowest BCUT2D eigenvalue weighted by molar-refractivity contribution is -0.0146. The number of likely N-dealkylation sites (tertiary alicyclic amines) is 1. The summed E-state index contributed by atoms with van der Waals surface area (Å²) in [5, 5.41) is 20.8. The molecule has 0 aliphatic carbocycles. The van der Waals surface area contributed by atoms with Crippen molar-refractivity contribution in [1.29, 1.82) is 5.26 Å². The van der Waals surface area contributed by atoms with Gasteiger partial charge in [-0.15, -0.1) is 0 Å². The monoisotopic (exact) mass is 440 g/mol. The van der Waals surface area contributed by atoms with Gasteiger partial charge in [-0.25, -0.2) is 0 Å². The van der Waals surface area contributed by atoms with Crippen molar-refractivity contribution < 1.29 is 9.84 Å². The fraction of sp³-hybridized carbons (Fsp3) is 0.345. The SMILES string of the molecule is N#CCc1ccc(OCCCN2CCC(C(O)(c3ccccc3)c3ccccc3)CC2)cc1. The van der Waals surface area contributed by atoms with Crippen LogP contribution in [0.4, 0.5) is 0 Å². The average Bonchev–Trinajstić information content (AvgIpc) is 2.89. The first-order valence-electron chi connectivity index (χ1n) is 11.8. The van der Waals surface area contributed by atoms with Crippen molar-refractivity contribution in [3.8, 4) is 11.8 Å². The van der Waals surface area contributed by atoms with Crippen molar-refractivity contribution in [3.05, 3.63) is 102 Å². The molecular formula is C29H32N2O2. The minimum atomic E-state index is -0.963. The maximum atomic E-state index is 12.0. The van der Waals surface area contributed by atoms with Crippen LogP contribution in [0.25, 0.3) is 0 Å². The maximum absolute atomic E-state index is 12.0. The smallest absolute Gasteiger partial charge is 0.119 e. The van der Waals surface area contributed by atoms with Crippen LogP contribution in [0.15, 0.2) is 84.9 Å². The van der Waals surface area contributed by atoms with E-state index in [1.807, 2.05) is 84.9 Å². The Hall–Kier alpha value is -3.13. The summed E-state index contributed by atoms with van der Waals surface area (Å²) < 4.78 is 5.87. The molecule has 0 unspecified atom stereocenters. The van der Waals surface area contributed by atoms with Crippen LogP contribution >= 0.6 is 0 Å². The summed E-state index contributed by atoms with van der Waals surface area (Å²) in [5.74, 6) is 1.04. The van der Waals surface area contributed by atoms with Crippen molar-refractivity contribution in [2.75, 3.05) is 26.2 Å². The second-order valence-electron chi connectivity index (χ2n) is 8.80. The first-order chi connectivity index (χ1) is 16.2. The van der Waals surface area contributed by atoms with E-state index >= 15 is 0 Å². The van der Waals surface area contributed by atoms with Crippen LogP contribution < -0.4 is 4.74 Å². The van der Waals surface area contributed by atoms with E-state index in [-0.39, 0.29) is 5.92 Å². The molecule has 0 atom stereocenters. The fourth-order valence-electron chi connectivity index (χ4n) is 4.87. The molecule has 0 bridgehead atoms. The second kappa shape index (κ2) is 11.1. The van der Waals surface area contributed by atoms with Crippen molar-refractivity contribution in [2.45, 2.75) is 31.3 Å². The van der Waals surface area contributed by atoms with E-state index in [0.717, 1.165) is 61.3 Å². The second-order valence-corrected chi connectivity index (χ2v) is 8.80. The molecule has 1 saturated heterocycles. The number of hydrogen-bond acceptors (Lipinski definition) is 4. The summed E-state index contributed by atoms with van der Waals surface area (Å²) in [5.41, 5.74) is 2.00. The molecule has 0 amide bonds. The van der Waals surface area contributed by atoms with E-state index in [1.54, 1.807) is 0 Å². The predicted octanol–water partition coefficient (Wildman–Crippen LogP) is 5.17. The van der Waals surface area contributed by atoms with Gasteiger partial charge < -0.3 is 14.7 Å². The van der Waals surface area contributed by atoms with E-state index in [2.05, 4.69) is 11.0 Å². The van der Waals surface area contributed by atoms with Gasteiger partial charge in [-0.05, 0) is 67.1 Å². The van der Waals surface area contributed by atoms with E-state index < -0.39 is 5.60 Å². The third-order valence-corrected chi connectivity index (χ3v) is 6.70. The van der Waals surface area contributed by atoms with Gasteiger partial charge in [0.05, 0.1) is 19.1 Å². The Bertz CT molecular complexity index is 981. The Labute approximate surface area is 197 Å². The van der Waals surface area contributed by atoms with Gasteiger partial charge in [0.1, 0.15) is 11.4 Å². The summed E-state index contributed by atoms with van der Waals surface area (Å²) in [6.07, 6.45) is 3.31. The first kappa shape index (κ1) is 23.0. The molecule has 4 nitrogen and oxygen atoms in total. The minimum Gasteiger partial charge on any atom is -0.494 e. The average molecular weight is 441 g/mol. The fourth-order valence-corrected chi connectivity index (χ4v) is 4.87. The maximum Gasteiger partial charge on any atom is 0.119 e. The lowest BCUT2D eigenvalue weighted by atomic mass is 9.72. The zero-order valence-electron chi connectivity index (χ0n) is 19.1. The van der Waals surface area contributed by atoms with Gasteiger partial charge in [-0.3, -0.25) is 0 Å². The van der Waals surface area contributed by atoms with Crippen molar-refractivity contribution in [2.24, 2.45) is 5.92 Å². The van der Waals surface area contributed by atoms with Crippen LogP contribution in [0.2, 0.25) is 0 Å². The highest BCUT2D eigenvalue weighted by molar-refractivity contribution is 5.37. The summed E-state index contributed by atoms with van der Waals surface area (Å²) in [7, 11) is 0. The van der Waals surface area contributed by atoms with Crippen molar-refractivity contribution >= 4 is 0 Å². The molecule has 4 heteroatoms. The quantitative estimate of drug-likeness (QED) is 0.467. The summed E-state index contributed by atoms with van der Waals surface area (Å²) in [6, 6.07) is 30.1. The van der Waals surface area contributed by atoms with Gasteiger partial charge in [0.25, 0.3) is 0 Å². The van der Waals surface area contributed by atoms with Crippen molar-refractivity contribution in [1.82, 2.24) is 4.90 Å². The van der Waals surface area contributed by atoms with Gasteiger partial charge in [-0.1, -0.05) is 72.8 Å². The Morgan fingerprint density at radius 1 is 0.879 bits per heavy atom. The molecule has 4 rings (SSSR count). The summed E-state index contributed by atoms with van der Waals surface area (Å²) >= 11 is 0. The van der Waals surface area contributed by atoms with E-state index in [0.29, 0.717) is 13.0 Å². The molecule has 1 heterocycles. The number of hydrogen-bond donors (Lipinski definition) is 1. The molecular weight excluding hydrogens is 408 g/mol. The molecule has 33 heavy (non-hydrogen) atoms. The molecule has 170 valence electrons. The van der Waals surface area contributed by atoms with Gasteiger partial charge in [-0.2, -0.15) is 5.26 Å². The third kappa shape index (κ3) is 5.63. The van der Waals surface area contributed by atoms with Crippen LogP contribution in [0.1, 0.15) is 36.0 Å². The predicted molar refractivity (Wildman–Crippen MR) is 131 cm³/mol. The molecule has 0 spiro atoms. The normalized spacial score (nSPS) is 15.2. The van der Waals surface area contributed by atoms with E-state index in [4.69, 9.17) is 10.00 Å².